The van der Waals surface area contributed by atoms with Gasteiger partial charge in [0.25, 0.3) is 5.91 Å². The van der Waals surface area contributed by atoms with Crippen LogP contribution >= 0.6 is 0 Å². The van der Waals surface area contributed by atoms with E-state index in [1.54, 1.807) is 51.5 Å². The van der Waals surface area contributed by atoms with E-state index in [0.717, 1.165) is 5.56 Å². The van der Waals surface area contributed by atoms with Gasteiger partial charge in [-0.05, 0) is 31.2 Å². The van der Waals surface area contributed by atoms with E-state index in [1.807, 2.05) is 25.1 Å². The summed E-state index contributed by atoms with van der Waals surface area (Å²) in [4.78, 5) is 18.6. The average molecular weight is 329 g/mol. The maximum atomic E-state index is 12.8. The number of anilines is 1. The van der Waals surface area contributed by atoms with Crippen molar-refractivity contribution in [2.75, 3.05) is 33.6 Å². The molecule has 6 heteroatoms. The molecule has 1 atom stereocenters. The molecule has 24 heavy (non-hydrogen) atoms. The highest BCUT2D eigenvalue weighted by molar-refractivity contribution is 5.95. The molecule has 0 fully saturated rings. The van der Waals surface area contributed by atoms with Gasteiger partial charge in [0.05, 0.1) is 20.3 Å². The molecule has 0 saturated carbocycles. The van der Waals surface area contributed by atoms with Gasteiger partial charge in [-0.3, -0.25) is 4.79 Å². The van der Waals surface area contributed by atoms with Gasteiger partial charge < -0.3 is 19.7 Å². The van der Waals surface area contributed by atoms with Crippen LogP contribution in [0.3, 0.4) is 0 Å². The Morgan fingerprint density at radius 2 is 1.96 bits per heavy atom. The van der Waals surface area contributed by atoms with Gasteiger partial charge in [0.15, 0.2) is 0 Å². The minimum atomic E-state index is -0.162. The molecule has 1 aromatic heterocycles. The van der Waals surface area contributed by atoms with E-state index in [-0.39, 0.29) is 11.9 Å². The molecule has 1 amide bonds. The number of carbonyl (C=O) groups excluding carboxylic acids is 1. The Morgan fingerprint density at radius 3 is 2.58 bits per heavy atom. The lowest BCUT2D eigenvalue weighted by Gasteiger charge is -2.27. The fourth-order valence-electron chi connectivity index (χ4n) is 2.45. The number of pyridine rings is 1. The second-order valence-corrected chi connectivity index (χ2v) is 5.38. The Kier molecular flexibility index (Phi) is 5.63. The van der Waals surface area contributed by atoms with Gasteiger partial charge in [0.1, 0.15) is 17.3 Å². The summed E-state index contributed by atoms with van der Waals surface area (Å²) in [5.41, 5.74) is 1.49. The number of amides is 1. The third-order valence-electron chi connectivity index (χ3n) is 4.06. The lowest BCUT2D eigenvalue weighted by molar-refractivity contribution is 0.0741. The summed E-state index contributed by atoms with van der Waals surface area (Å²) in [7, 11) is 6.76. The first kappa shape index (κ1) is 17.6. The molecule has 0 bridgehead atoms. The van der Waals surface area contributed by atoms with Crippen molar-refractivity contribution in [2.24, 2.45) is 0 Å². The zero-order valence-corrected chi connectivity index (χ0v) is 14.7. The van der Waals surface area contributed by atoms with E-state index in [1.165, 1.54) is 0 Å². The monoisotopic (exact) mass is 329 g/mol. The van der Waals surface area contributed by atoms with Crippen molar-refractivity contribution in [3.05, 3.63) is 47.7 Å². The molecule has 0 saturated heterocycles. The van der Waals surface area contributed by atoms with Crippen LogP contribution in [0.15, 0.2) is 36.5 Å². The Labute approximate surface area is 142 Å². The van der Waals surface area contributed by atoms with E-state index < -0.39 is 0 Å². The molecule has 0 aliphatic heterocycles. The number of benzene rings is 1. The Hall–Kier alpha value is -2.76. The van der Waals surface area contributed by atoms with Crippen molar-refractivity contribution < 1.29 is 14.3 Å². The quantitative estimate of drug-likeness (QED) is 0.883. The highest BCUT2D eigenvalue weighted by atomic mass is 16.5. The van der Waals surface area contributed by atoms with Crippen molar-refractivity contribution in [3.63, 3.8) is 0 Å². The first-order valence-electron chi connectivity index (χ1n) is 7.64. The average Bonchev–Trinajstić information content (AvgIpc) is 2.65. The van der Waals surface area contributed by atoms with Gasteiger partial charge in [-0.1, -0.05) is 0 Å². The smallest absolute Gasteiger partial charge is 0.254 e. The second-order valence-electron chi connectivity index (χ2n) is 5.38. The molecular formula is C18H23N3O3. The standard InChI is InChI=1S/C18H23N3O3/c1-12(15-7-6-14(23-4)11-16(15)24-5)21(3)18(22)13-8-9-20-17(10-13)19-2/h6-12H,1-5H3,(H,19,20). The number of carbonyl (C=O) groups is 1. The number of hydrogen-bond donors (Lipinski definition) is 1. The summed E-state index contributed by atoms with van der Waals surface area (Å²) in [6.07, 6.45) is 1.62. The molecule has 6 nitrogen and oxygen atoms in total. The van der Waals surface area contributed by atoms with E-state index in [4.69, 9.17) is 9.47 Å². The largest absolute Gasteiger partial charge is 0.497 e. The zero-order valence-electron chi connectivity index (χ0n) is 14.7. The second kappa shape index (κ2) is 7.68. The van der Waals surface area contributed by atoms with Gasteiger partial charge in [0.2, 0.25) is 0 Å². The zero-order chi connectivity index (χ0) is 17.7. The van der Waals surface area contributed by atoms with Gasteiger partial charge in [-0.2, -0.15) is 0 Å². The Balaban J connectivity index is 2.28. The first-order chi connectivity index (χ1) is 11.5. The number of ether oxygens (including phenoxy) is 2. The third-order valence-corrected chi connectivity index (χ3v) is 4.06. The number of rotatable bonds is 6. The van der Waals surface area contributed by atoms with Crippen LogP contribution < -0.4 is 14.8 Å². The number of hydrogen-bond acceptors (Lipinski definition) is 5. The summed E-state index contributed by atoms with van der Waals surface area (Å²) in [6, 6.07) is 8.87. The maximum Gasteiger partial charge on any atom is 0.254 e. The van der Waals surface area contributed by atoms with Crippen LogP contribution in [0.4, 0.5) is 5.82 Å². The van der Waals surface area contributed by atoms with E-state index >= 15 is 0 Å². The van der Waals surface area contributed by atoms with Gasteiger partial charge >= 0.3 is 0 Å². The van der Waals surface area contributed by atoms with Crippen LogP contribution in [-0.4, -0.2) is 44.1 Å². The molecule has 1 N–H and O–H groups in total. The molecule has 1 aromatic carbocycles. The van der Waals surface area contributed by atoms with Crippen LogP contribution in [0.1, 0.15) is 28.9 Å². The molecule has 0 spiro atoms. The summed E-state index contributed by atoms with van der Waals surface area (Å²) in [5, 5.41) is 2.94. The van der Waals surface area contributed by atoms with Crippen LogP contribution in [0.5, 0.6) is 11.5 Å². The van der Waals surface area contributed by atoms with Crippen LogP contribution in [-0.2, 0) is 0 Å². The molecule has 0 aliphatic carbocycles. The van der Waals surface area contributed by atoms with E-state index in [2.05, 4.69) is 10.3 Å². The molecule has 0 aliphatic rings. The van der Waals surface area contributed by atoms with Crippen molar-refractivity contribution in [1.82, 2.24) is 9.88 Å². The lowest BCUT2D eigenvalue weighted by atomic mass is 10.0. The predicted octanol–water partition coefficient (Wildman–Crippen LogP) is 2.97. The molecule has 1 heterocycles. The predicted molar refractivity (Wildman–Crippen MR) is 93.8 cm³/mol. The van der Waals surface area contributed by atoms with Crippen molar-refractivity contribution >= 4 is 11.7 Å². The molecular weight excluding hydrogens is 306 g/mol. The van der Waals surface area contributed by atoms with E-state index in [9.17, 15) is 4.79 Å². The topological polar surface area (TPSA) is 63.7 Å². The van der Waals surface area contributed by atoms with Crippen molar-refractivity contribution in [2.45, 2.75) is 13.0 Å². The normalized spacial score (nSPS) is 11.5. The van der Waals surface area contributed by atoms with E-state index in [0.29, 0.717) is 22.9 Å². The number of methoxy groups -OCH3 is 2. The minimum absolute atomic E-state index is 0.0840. The summed E-state index contributed by atoms with van der Waals surface area (Å²) in [6.45, 7) is 1.96. The molecule has 1 unspecified atom stereocenters. The number of nitrogens with zero attached hydrogens (tertiary/aromatic N) is 2. The fourth-order valence-corrected chi connectivity index (χ4v) is 2.45. The Bertz CT molecular complexity index is 718. The highest BCUT2D eigenvalue weighted by Gasteiger charge is 2.22. The van der Waals surface area contributed by atoms with Gasteiger partial charge in [-0.15, -0.1) is 0 Å². The van der Waals surface area contributed by atoms with Crippen LogP contribution in [0, 0.1) is 0 Å². The SMILES string of the molecule is CNc1cc(C(=O)N(C)C(C)c2ccc(OC)cc2OC)ccn1. The van der Waals surface area contributed by atoms with Crippen molar-refractivity contribution in [3.8, 4) is 11.5 Å². The number of nitrogens with one attached hydrogen (secondary N) is 1. The fraction of sp³-hybridized carbons (Fsp3) is 0.333. The maximum absolute atomic E-state index is 12.8. The molecule has 2 rings (SSSR count). The molecule has 2 aromatic rings. The summed E-state index contributed by atoms with van der Waals surface area (Å²) in [5.74, 6) is 1.97. The lowest BCUT2D eigenvalue weighted by Crippen LogP contribution is -2.30. The highest BCUT2D eigenvalue weighted by Crippen LogP contribution is 2.32. The minimum Gasteiger partial charge on any atom is -0.497 e. The number of aromatic nitrogens is 1. The van der Waals surface area contributed by atoms with Crippen LogP contribution in [0.2, 0.25) is 0 Å². The summed E-state index contributed by atoms with van der Waals surface area (Å²) < 4.78 is 10.7. The van der Waals surface area contributed by atoms with Crippen LogP contribution in [0.25, 0.3) is 0 Å². The molecule has 0 radical (unpaired) electrons. The summed E-state index contributed by atoms with van der Waals surface area (Å²) >= 11 is 0. The van der Waals surface area contributed by atoms with Gasteiger partial charge in [0, 0.05) is 37.5 Å². The molecule has 128 valence electrons. The Morgan fingerprint density at radius 1 is 1.21 bits per heavy atom. The first-order valence-corrected chi connectivity index (χ1v) is 7.64. The van der Waals surface area contributed by atoms with Crippen molar-refractivity contribution in [1.29, 1.82) is 0 Å². The third kappa shape index (κ3) is 3.59. The van der Waals surface area contributed by atoms with Gasteiger partial charge in [-0.25, -0.2) is 4.98 Å².